The number of nitrogens with zero attached hydrogens (tertiary/aromatic N) is 1. The maximum Gasteiger partial charge on any atom is 0.180 e. The molecule has 1 aliphatic carbocycles. The van der Waals surface area contributed by atoms with Crippen LogP contribution in [0.4, 0.5) is 0 Å². The highest BCUT2D eigenvalue weighted by Gasteiger charge is 2.41. The third-order valence-electron chi connectivity index (χ3n) is 5.87. The standard InChI is InChI=1S/C25H27NO3S/c1-17(2)21-11-8-19(18-6-9-20(10-7-18)30(28,29)14-13-27)15-22(21)23-16-24(23)25-5-3-4-12-26-25/h3-12,15,17,23-24,27H,13-14,16H2,1-2H3/t23-,24-/m0/s1. The van der Waals surface area contributed by atoms with E-state index in [1.54, 1.807) is 12.1 Å². The van der Waals surface area contributed by atoms with Crippen molar-refractivity contribution in [3.63, 3.8) is 0 Å². The Morgan fingerprint density at radius 2 is 1.73 bits per heavy atom. The quantitative estimate of drug-likeness (QED) is 0.589. The lowest BCUT2D eigenvalue weighted by molar-refractivity contribution is 0.319. The zero-order chi connectivity index (χ0) is 21.3. The van der Waals surface area contributed by atoms with Gasteiger partial charge in [0, 0.05) is 17.8 Å². The molecule has 0 saturated heterocycles. The van der Waals surface area contributed by atoms with Gasteiger partial charge in [-0.05, 0) is 64.8 Å². The van der Waals surface area contributed by atoms with Crippen LogP contribution >= 0.6 is 0 Å². The molecule has 1 fully saturated rings. The Morgan fingerprint density at radius 3 is 2.37 bits per heavy atom. The highest BCUT2D eigenvalue weighted by molar-refractivity contribution is 7.91. The highest BCUT2D eigenvalue weighted by atomic mass is 32.2. The summed E-state index contributed by atoms with van der Waals surface area (Å²) in [4.78, 5) is 4.79. The molecule has 0 amide bonds. The fourth-order valence-electron chi connectivity index (χ4n) is 4.15. The van der Waals surface area contributed by atoms with Gasteiger partial charge < -0.3 is 5.11 Å². The van der Waals surface area contributed by atoms with E-state index in [1.165, 1.54) is 11.1 Å². The first-order chi connectivity index (χ1) is 14.4. The van der Waals surface area contributed by atoms with Gasteiger partial charge in [-0.3, -0.25) is 4.98 Å². The molecule has 1 heterocycles. The molecular formula is C25H27NO3S. The molecule has 30 heavy (non-hydrogen) atoms. The molecule has 1 N–H and O–H groups in total. The molecule has 3 aromatic rings. The molecule has 156 valence electrons. The van der Waals surface area contributed by atoms with Gasteiger partial charge in [0.2, 0.25) is 0 Å². The Morgan fingerprint density at radius 1 is 1.00 bits per heavy atom. The summed E-state index contributed by atoms with van der Waals surface area (Å²) in [7, 11) is -3.43. The summed E-state index contributed by atoms with van der Waals surface area (Å²) in [5.74, 6) is 1.12. The summed E-state index contributed by atoms with van der Waals surface area (Å²) in [6.07, 6.45) is 2.97. The maximum atomic E-state index is 12.2. The highest BCUT2D eigenvalue weighted by Crippen LogP contribution is 2.55. The largest absolute Gasteiger partial charge is 0.395 e. The molecule has 1 saturated carbocycles. The fourth-order valence-corrected chi connectivity index (χ4v) is 5.18. The van der Waals surface area contributed by atoms with Crippen molar-refractivity contribution in [1.29, 1.82) is 0 Å². The average Bonchev–Trinajstić information content (AvgIpc) is 3.55. The Hall–Kier alpha value is -2.50. The number of hydrogen-bond donors (Lipinski definition) is 1. The molecule has 1 aromatic heterocycles. The van der Waals surface area contributed by atoms with Crippen molar-refractivity contribution in [1.82, 2.24) is 4.98 Å². The minimum Gasteiger partial charge on any atom is -0.395 e. The van der Waals surface area contributed by atoms with E-state index in [4.69, 9.17) is 5.11 Å². The third kappa shape index (κ3) is 4.18. The third-order valence-corrected chi connectivity index (χ3v) is 7.58. The summed E-state index contributed by atoms with van der Waals surface area (Å²) < 4.78 is 24.3. The fraction of sp³-hybridized carbons (Fsp3) is 0.320. The van der Waals surface area contributed by atoms with Crippen LogP contribution in [0.1, 0.15) is 54.8 Å². The molecule has 0 spiro atoms. The molecule has 2 aromatic carbocycles. The van der Waals surface area contributed by atoms with Crippen LogP contribution in [0.15, 0.2) is 71.8 Å². The van der Waals surface area contributed by atoms with Gasteiger partial charge in [0.1, 0.15) is 0 Å². The van der Waals surface area contributed by atoms with Crippen LogP contribution in [-0.2, 0) is 9.84 Å². The van der Waals surface area contributed by atoms with E-state index < -0.39 is 9.84 Å². The smallest absolute Gasteiger partial charge is 0.180 e. The SMILES string of the molecule is CC(C)c1ccc(-c2ccc(S(=O)(=O)CCO)cc2)cc1[C@@H]1C[C@@H]1c1ccccn1. The van der Waals surface area contributed by atoms with Crippen molar-refractivity contribution in [2.75, 3.05) is 12.4 Å². The number of aliphatic hydroxyl groups excluding tert-OH is 1. The topological polar surface area (TPSA) is 67.3 Å². The van der Waals surface area contributed by atoms with Crippen molar-refractivity contribution < 1.29 is 13.5 Å². The van der Waals surface area contributed by atoms with Crippen molar-refractivity contribution in [3.8, 4) is 11.1 Å². The lowest BCUT2D eigenvalue weighted by Gasteiger charge is -2.15. The zero-order valence-electron chi connectivity index (χ0n) is 17.3. The first kappa shape index (κ1) is 20.8. The summed E-state index contributed by atoms with van der Waals surface area (Å²) in [5, 5.41) is 8.98. The maximum absolute atomic E-state index is 12.2. The Bertz CT molecular complexity index is 1120. The molecule has 0 bridgehead atoms. The summed E-state index contributed by atoms with van der Waals surface area (Å²) >= 11 is 0. The molecule has 2 atom stereocenters. The molecule has 4 nitrogen and oxygen atoms in total. The van der Waals surface area contributed by atoms with Gasteiger partial charge in [-0.15, -0.1) is 0 Å². The molecule has 1 aliphatic rings. The van der Waals surface area contributed by atoms with Gasteiger partial charge in [-0.25, -0.2) is 8.42 Å². The van der Waals surface area contributed by atoms with Crippen molar-refractivity contribution >= 4 is 9.84 Å². The molecule has 5 heteroatoms. The van der Waals surface area contributed by atoms with Crippen LogP contribution in [0, 0.1) is 0 Å². The van der Waals surface area contributed by atoms with Gasteiger partial charge in [0.25, 0.3) is 0 Å². The first-order valence-corrected chi connectivity index (χ1v) is 12.0. The summed E-state index contributed by atoms with van der Waals surface area (Å²) in [5.41, 5.74) is 5.97. The summed E-state index contributed by atoms with van der Waals surface area (Å²) in [6.45, 7) is 4.07. The number of aliphatic hydroxyl groups is 1. The van der Waals surface area contributed by atoms with E-state index in [2.05, 4.69) is 43.1 Å². The van der Waals surface area contributed by atoms with Crippen LogP contribution in [0.25, 0.3) is 11.1 Å². The number of aromatic nitrogens is 1. The number of rotatable bonds is 7. The van der Waals surface area contributed by atoms with Crippen LogP contribution in [-0.4, -0.2) is 30.9 Å². The van der Waals surface area contributed by atoms with E-state index in [0.717, 1.165) is 23.2 Å². The minimum atomic E-state index is -3.43. The average molecular weight is 422 g/mol. The normalized spacial score (nSPS) is 18.5. The molecular weight excluding hydrogens is 394 g/mol. The van der Waals surface area contributed by atoms with E-state index >= 15 is 0 Å². The van der Waals surface area contributed by atoms with Crippen molar-refractivity contribution in [2.24, 2.45) is 0 Å². The minimum absolute atomic E-state index is 0.247. The number of sulfone groups is 1. The van der Waals surface area contributed by atoms with E-state index in [0.29, 0.717) is 17.8 Å². The van der Waals surface area contributed by atoms with E-state index in [-0.39, 0.29) is 17.3 Å². The number of pyridine rings is 1. The van der Waals surface area contributed by atoms with E-state index in [1.807, 2.05) is 30.5 Å². The monoisotopic (exact) mass is 421 g/mol. The molecule has 0 unspecified atom stereocenters. The molecule has 0 radical (unpaired) electrons. The number of benzene rings is 2. The van der Waals surface area contributed by atoms with Crippen molar-refractivity contribution in [2.45, 2.75) is 42.9 Å². The van der Waals surface area contributed by atoms with Crippen LogP contribution in [0.5, 0.6) is 0 Å². The predicted molar refractivity (Wildman–Crippen MR) is 119 cm³/mol. The zero-order valence-corrected chi connectivity index (χ0v) is 18.1. The molecule has 4 rings (SSSR count). The second kappa shape index (κ2) is 8.32. The first-order valence-electron chi connectivity index (χ1n) is 10.4. The number of hydrogen-bond acceptors (Lipinski definition) is 4. The van der Waals surface area contributed by atoms with Crippen molar-refractivity contribution in [3.05, 3.63) is 83.7 Å². The van der Waals surface area contributed by atoms with Gasteiger partial charge in [-0.2, -0.15) is 0 Å². The van der Waals surface area contributed by atoms with Crippen LogP contribution in [0.2, 0.25) is 0 Å². The van der Waals surface area contributed by atoms with Gasteiger partial charge >= 0.3 is 0 Å². The van der Waals surface area contributed by atoms with Crippen LogP contribution < -0.4 is 0 Å². The second-order valence-electron chi connectivity index (χ2n) is 8.27. The van der Waals surface area contributed by atoms with Crippen LogP contribution in [0.3, 0.4) is 0 Å². The summed E-state index contributed by atoms with van der Waals surface area (Å²) in [6, 6.07) is 19.6. The Labute approximate surface area is 178 Å². The van der Waals surface area contributed by atoms with Gasteiger partial charge in [0.15, 0.2) is 9.84 Å². The lowest BCUT2D eigenvalue weighted by Crippen LogP contribution is -2.09. The Balaban J connectivity index is 1.65. The molecule has 0 aliphatic heterocycles. The Kier molecular flexibility index (Phi) is 5.76. The second-order valence-corrected chi connectivity index (χ2v) is 10.4. The lowest BCUT2D eigenvalue weighted by atomic mass is 9.90. The van der Waals surface area contributed by atoms with Gasteiger partial charge in [-0.1, -0.05) is 50.2 Å². The van der Waals surface area contributed by atoms with Gasteiger partial charge in [0.05, 0.1) is 17.3 Å². The predicted octanol–water partition coefficient (Wildman–Crippen LogP) is 4.91. The van der Waals surface area contributed by atoms with E-state index in [9.17, 15) is 8.42 Å².